The van der Waals surface area contributed by atoms with Gasteiger partial charge in [-0.05, 0) is 51.8 Å². The van der Waals surface area contributed by atoms with Crippen molar-refractivity contribution in [2.24, 2.45) is 0 Å². The zero-order valence-corrected chi connectivity index (χ0v) is 17.0. The SMILES string of the molecule is C[C@@H]1CN(c2ccc(C3CCC(=O)NC3=O)cc2)CCN1C(=O)OC(C)(C)C. The van der Waals surface area contributed by atoms with Gasteiger partial charge in [0.2, 0.25) is 11.8 Å². The van der Waals surface area contributed by atoms with Crippen molar-refractivity contribution in [3.8, 4) is 0 Å². The fourth-order valence-electron chi connectivity index (χ4n) is 3.71. The Labute approximate surface area is 166 Å². The van der Waals surface area contributed by atoms with Gasteiger partial charge in [-0.2, -0.15) is 0 Å². The molecule has 0 spiro atoms. The average Bonchev–Trinajstić information content (AvgIpc) is 2.60. The molecule has 1 aromatic carbocycles. The number of rotatable bonds is 2. The van der Waals surface area contributed by atoms with Crippen molar-refractivity contribution in [1.82, 2.24) is 10.2 Å². The van der Waals surface area contributed by atoms with Crippen molar-refractivity contribution in [1.29, 1.82) is 0 Å². The maximum Gasteiger partial charge on any atom is 0.410 e. The molecule has 2 fully saturated rings. The number of hydrogen-bond donors (Lipinski definition) is 1. The van der Waals surface area contributed by atoms with E-state index in [2.05, 4.69) is 10.2 Å². The van der Waals surface area contributed by atoms with Crippen LogP contribution in [0, 0.1) is 0 Å². The van der Waals surface area contributed by atoms with E-state index < -0.39 is 5.60 Å². The van der Waals surface area contributed by atoms with Gasteiger partial charge < -0.3 is 14.5 Å². The standard InChI is InChI=1S/C21H29N3O4/c1-14-13-23(11-12-24(14)20(27)28-21(2,3)4)16-7-5-15(6-8-16)17-9-10-18(25)22-19(17)26/h5-8,14,17H,9-13H2,1-4H3,(H,22,25,26)/t14-,17?/m1/s1. The van der Waals surface area contributed by atoms with Crippen LogP contribution in [0.1, 0.15) is 52.0 Å². The van der Waals surface area contributed by atoms with Gasteiger partial charge in [-0.3, -0.25) is 14.9 Å². The van der Waals surface area contributed by atoms with Crippen LogP contribution in [-0.2, 0) is 14.3 Å². The quantitative estimate of drug-likeness (QED) is 0.790. The number of hydrogen-bond acceptors (Lipinski definition) is 5. The van der Waals surface area contributed by atoms with Crippen LogP contribution < -0.4 is 10.2 Å². The molecule has 0 saturated carbocycles. The lowest BCUT2D eigenvalue weighted by Gasteiger charge is -2.41. The number of benzene rings is 1. The van der Waals surface area contributed by atoms with Crippen LogP contribution in [0.3, 0.4) is 0 Å². The molecule has 1 aromatic rings. The Morgan fingerprint density at radius 1 is 1.14 bits per heavy atom. The first-order valence-electron chi connectivity index (χ1n) is 9.82. The first-order valence-corrected chi connectivity index (χ1v) is 9.82. The number of nitrogens with zero attached hydrogens (tertiary/aromatic N) is 2. The summed E-state index contributed by atoms with van der Waals surface area (Å²) in [5.41, 5.74) is 1.49. The van der Waals surface area contributed by atoms with Crippen molar-refractivity contribution < 1.29 is 19.1 Å². The third kappa shape index (κ3) is 4.64. The van der Waals surface area contributed by atoms with Gasteiger partial charge in [0, 0.05) is 37.8 Å². The Bertz CT molecular complexity index is 754. The van der Waals surface area contributed by atoms with Gasteiger partial charge in [0.25, 0.3) is 0 Å². The van der Waals surface area contributed by atoms with Crippen LogP contribution in [0.15, 0.2) is 24.3 Å². The van der Waals surface area contributed by atoms with Gasteiger partial charge in [-0.25, -0.2) is 4.79 Å². The number of piperazine rings is 1. The van der Waals surface area contributed by atoms with E-state index in [-0.39, 0.29) is 29.9 Å². The number of ether oxygens (including phenoxy) is 1. The second-order valence-corrected chi connectivity index (χ2v) is 8.56. The number of imide groups is 1. The van der Waals surface area contributed by atoms with Crippen LogP contribution >= 0.6 is 0 Å². The van der Waals surface area contributed by atoms with E-state index >= 15 is 0 Å². The lowest BCUT2D eigenvalue weighted by Crippen LogP contribution is -2.55. The molecule has 7 nitrogen and oxygen atoms in total. The molecular formula is C21H29N3O4. The molecule has 2 aliphatic heterocycles. The molecule has 152 valence electrons. The highest BCUT2D eigenvalue weighted by atomic mass is 16.6. The summed E-state index contributed by atoms with van der Waals surface area (Å²) in [4.78, 5) is 39.7. The van der Waals surface area contributed by atoms with E-state index in [4.69, 9.17) is 4.74 Å². The minimum Gasteiger partial charge on any atom is -0.444 e. The summed E-state index contributed by atoms with van der Waals surface area (Å²) in [7, 11) is 0. The van der Waals surface area contributed by atoms with Crippen LogP contribution in [0.2, 0.25) is 0 Å². The fourth-order valence-corrected chi connectivity index (χ4v) is 3.71. The third-order valence-electron chi connectivity index (χ3n) is 5.16. The molecule has 7 heteroatoms. The van der Waals surface area contributed by atoms with Crippen molar-refractivity contribution in [2.75, 3.05) is 24.5 Å². The Morgan fingerprint density at radius 3 is 2.39 bits per heavy atom. The predicted molar refractivity (Wildman–Crippen MR) is 106 cm³/mol. The lowest BCUT2D eigenvalue weighted by atomic mass is 9.90. The Kier molecular flexibility index (Phi) is 5.63. The average molecular weight is 387 g/mol. The Balaban J connectivity index is 1.62. The number of piperidine rings is 1. The maximum atomic E-state index is 12.4. The zero-order chi connectivity index (χ0) is 20.5. The second-order valence-electron chi connectivity index (χ2n) is 8.56. The summed E-state index contributed by atoms with van der Waals surface area (Å²) in [6, 6.07) is 7.98. The molecule has 3 amide bonds. The molecule has 1 unspecified atom stereocenters. The molecule has 0 aromatic heterocycles. The summed E-state index contributed by atoms with van der Waals surface area (Å²) < 4.78 is 5.50. The summed E-state index contributed by atoms with van der Waals surface area (Å²) >= 11 is 0. The van der Waals surface area contributed by atoms with Gasteiger partial charge >= 0.3 is 6.09 Å². The van der Waals surface area contributed by atoms with E-state index in [0.29, 0.717) is 19.4 Å². The van der Waals surface area contributed by atoms with Gasteiger partial charge in [0.1, 0.15) is 5.60 Å². The topological polar surface area (TPSA) is 79.0 Å². The second kappa shape index (κ2) is 7.81. The highest BCUT2D eigenvalue weighted by molar-refractivity contribution is 6.00. The zero-order valence-electron chi connectivity index (χ0n) is 17.0. The van der Waals surface area contributed by atoms with Gasteiger partial charge in [-0.15, -0.1) is 0 Å². The number of nitrogens with one attached hydrogen (secondary N) is 1. The highest BCUT2D eigenvalue weighted by Gasteiger charge is 2.31. The molecule has 2 aliphatic rings. The van der Waals surface area contributed by atoms with E-state index in [1.807, 2.05) is 52.0 Å². The molecule has 0 bridgehead atoms. The number of carbonyl (C=O) groups excluding carboxylic acids is 3. The van der Waals surface area contributed by atoms with E-state index in [9.17, 15) is 14.4 Å². The molecule has 28 heavy (non-hydrogen) atoms. The van der Waals surface area contributed by atoms with Gasteiger partial charge in [0.05, 0.1) is 5.92 Å². The molecule has 0 radical (unpaired) electrons. The third-order valence-corrected chi connectivity index (χ3v) is 5.16. The van der Waals surface area contributed by atoms with E-state index in [1.54, 1.807) is 4.90 Å². The number of carbonyl (C=O) groups is 3. The highest BCUT2D eigenvalue weighted by Crippen LogP contribution is 2.28. The smallest absolute Gasteiger partial charge is 0.410 e. The van der Waals surface area contributed by atoms with Crippen LogP contribution in [0.5, 0.6) is 0 Å². The number of amides is 3. The van der Waals surface area contributed by atoms with E-state index in [0.717, 1.165) is 24.3 Å². The van der Waals surface area contributed by atoms with Gasteiger partial charge in [-0.1, -0.05) is 12.1 Å². The first kappa shape index (κ1) is 20.2. The summed E-state index contributed by atoms with van der Waals surface area (Å²) in [5, 5.41) is 2.41. The first-order chi connectivity index (χ1) is 13.1. The van der Waals surface area contributed by atoms with Crippen LogP contribution in [0.4, 0.5) is 10.5 Å². The van der Waals surface area contributed by atoms with Crippen LogP contribution in [-0.4, -0.2) is 54.1 Å². The minimum atomic E-state index is -0.500. The maximum absolute atomic E-state index is 12.4. The largest absolute Gasteiger partial charge is 0.444 e. The summed E-state index contributed by atoms with van der Waals surface area (Å²) in [5.74, 6) is -0.687. The normalized spacial score (nSPS) is 23.4. The molecular weight excluding hydrogens is 358 g/mol. The van der Waals surface area contributed by atoms with Crippen molar-refractivity contribution >= 4 is 23.6 Å². The molecule has 3 rings (SSSR count). The molecule has 2 saturated heterocycles. The fraction of sp³-hybridized carbons (Fsp3) is 0.571. The molecule has 2 heterocycles. The van der Waals surface area contributed by atoms with Gasteiger partial charge in [0.15, 0.2) is 0 Å². The number of anilines is 1. The van der Waals surface area contributed by atoms with Crippen molar-refractivity contribution in [3.63, 3.8) is 0 Å². The molecule has 0 aliphatic carbocycles. The lowest BCUT2D eigenvalue weighted by molar-refractivity contribution is -0.134. The van der Waals surface area contributed by atoms with Crippen molar-refractivity contribution in [2.45, 2.75) is 58.1 Å². The minimum absolute atomic E-state index is 0.0402. The van der Waals surface area contributed by atoms with Crippen molar-refractivity contribution in [3.05, 3.63) is 29.8 Å². The van der Waals surface area contributed by atoms with Crippen LogP contribution in [0.25, 0.3) is 0 Å². The summed E-state index contributed by atoms with van der Waals surface area (Å²) in [6.07, 6.45) is 0.658. The predicted octanol–water partition coefficient (Wildman–Crippen LogP) is 2.65. The Hall–Kier alpha value is -2.57. The summed E-state index contributed by atoms with van der Waals surface area (Å²) in [6.45, 7) is 9.68. The molecule has 2 atom stereocenters. The van der Waals surface area contributed by atoms with E-state index in [1.165, 1.54) is 0 Å². The molecule has 1 N–H and O–H groups in total. The monoisotopic (exact) mass is 387 g/mol. The Morgan fingerprint density at radius 2 is 1.82 bits per heavy atom.